The number of unbranched alkanes of at least 4 members (excludes halogenated alkanes) is 1. The molecule has 136 valence electrons. The number of hydrogen-bond acceptors (Lipinski definition) is 4. The minimum atomic E-state index is -0.175. The van der Waals surface area contributed by atoms with Crippen LogP contribution in [0, 0.1) is 0 Å². The minimum Gasteiger partial charge on any atom is -0.496 e. The van der Waals surface area contributed by atoms with Crippen LogP contribution in [0.4, 0.5) is 4.79 Å². The van der Waals surface area contributed by atoms with Crippen molar-refractivity contribution in [1.29, 1.82) is 0 Å². The van der Waals surface area contributed by atoms with Gasteiger partial charge in [0.2, 0.25) is 0 Å². The van der Waals surface area contributed by atoms with Crippen molar-refractivity contribution in [3.05, 3.63) is 29.8 Å². The number of methoxy groups -OCH3 is 1. The number of amides is 3. The normalized spacial score (nSPS) is 19.6. The third-order valence-corrected chi connectivity index (χ3v) is 5.03. The Bertz CT molecular complexity index is 598. The molecule has 2 saturated heterocycles. The summed E-state index contributed by atoms with van der Waals surface area (Å²) in [7, 11) is 1.69. The monoisotopic (exact) mass is 345 g/mol. The molecule has 2 heterocycles. The zero-order valence-corrected chi connectivity index (χ0v) is 14.9. The first-order valence-corrected chi connectivity index (χ1v) is 9.17. The highest BCUT2D eigenvalue weighted by Gasteiger charge is 2.46. The van der Waals surface area contributed by atoms with Gasteiger partial charge in [-0.15, -0.1) is 0 Å². The van der Waals surface area contributed by atoms with E-state index in [2.05, 4.69) is 11.4 Å². The molecule has 1 unspecified atom stereocenters. The smallest absolute Gasteiger partial charge is 0.327 e. The molecule has 1 aromatic carbocycles. The van der Waals surface area contributed by atoms with Gasteiger partial charge in [-0.05, 0) is 56.8 Å². The third-order valence-electron chi connectivity index (χ3n) is 5.03. The number of carbonyl (C=O) groups is 2. The van der Waals surface area contributed by atoms with Crippen LogP contribution in [0.15, 0.2) is 24.3 Å². The number of benzene rings is 1. The summed E-state index contributed by atoms with van der Waals surface area (Å²) in [6.45, 7) is 3.05. The van der Waals surface area contributed by atoms with Gasteiger partial charge in [0.25, 0.3) is 5.91 Å². The lowest BCUT2D eigenvalue weighted by Crippen LogP contribution is -2.34. The predicted molar refractivity (Wildman–Crippen MR) is 95.6 cm³/mol. The Morgan fingerprint density at radius 2 is 2.04 bits per heavy atom. The first-order chi connectivity index (χ1) is 12.2. The summed E-state index contributed by atoms with van der Waals surface area (Å²) >= 11 is 0. The molecule has 0 radical (unpaired) electrons. The SMILES string of the molecule is COc1ccccc1CCNCCCCN1C(=O)C2CCCN2C1=O. The summed E-state index contributed by atoms with van der Waals surface area (Å²) in [5.41, 5.74) is 1.20. The van der Waals surface area contributed by atoms with E-state index in [1.165, 1.54) is 10.5 Å². The number of fused-ring (bicyclic) bond motifs is 1. The van der Waals surface area contributed by atoms with Gasteiger partial charge in [-0.3, -0.25) is 9.69 Å². The average molecular weight is 345 g/mol. The van der Waals surface area contributed by atoms with Crippen LogP contribution in [0.2, 0.25) is 0 Å². The fourth-order valence-electron chi connectivity index (χ4n) is 3.66. The molecule has 3 rings (SSSR count). The number of urea groups is 1. The van der Waals surface area contributed by atoms with Gasteiger partial charge in [0, 0.05) is 13.1 Å². The molecule has 6 nitrogen and oxygen atoms in total. The maximum Gasteiger partial charge on any atom is 0.327 e. The molecular formula is C19H27N3O3. The van der Waals surface area contributed by atoms with Crippen LogP contribution in [-0.2, 0) is 11.2 Å². The number of hydrogen-bond donors (Lipinski definition) is 1. The molecule has 2 aliphatic rings. The molecule has 3 amide bonds. The van der Waals surface area contributed by atoms with E-state index in [1.807, 2.05) is 18.2 Å². The number of imide groups is 1. The summed E-state index contributed by atoms with van der Waals surface area (Å²) in [6, 6.07) is 7.79. The molecule has 2 fully saturated rings. The van der Waals surface area contributed by atoms with Crippen LogP contribution >= 0.6 is 0 Å². The Morgan fingerprint density at radius 3 is 2.84 bits per heavy atom. The standard InChI is InChI=1S/C19H27N3O3/c1-25-17-9-3-2-7-15(17)10-12-20-11-4-5-13-22-18(23)16-8-6-14-21(16)19(22)24/h2-3,7,9,16,20H,4-6,8,10-14H2,1H3. The molecule has 0 saturated carbocycles. The number of nitrogens with one attached hydrogen (secondary N) is 1. The van der Waals surface area contributed by atoms with Crippen molar-refractivity contribution in [2.24, 2.45) is 0 Å². The van der Waals surface area contributed by atoms with Crippen molar-refractivity contribution >= 4 is 11.9 Å². The largest absolute Gasteiger partial charge is 0.496 e. The Labute approximate surface area is 149 Å². The molecule has 0 aromatic heterocycles. The first kappa shape index (κ1) is 17.7. The zero-order chi connectivity index (χ0) is 17.6. The van der Waals surface area contributed by atoms with E-state index in [1.54, 1.807) is 12.0 Å². The molecule has 1 aromatic rings. The quantitative estimate of drug-likeness (QED) is 0.549. The third kappa shape index (κ3) is 3.95. The second-order valence-corrected chi connectivity index (χ2v) is 6.64. The first-order valence-electron chi connectivity index (χ1n) is 9.17. The summed E-state index contributed by atoms with van der Waals surface area (Å²) in [4.78, 5) is 27.6. The van der Waals surface area contributed by atoms with Crippen molar-refractivity contribution in [3.8, 4) is 5.75 Å². The summed E-state index contributed by atoms with van der Waals surface area (Å²) in [5, 5.41) is 3.42. The molecule has 25 heavy (non-hydrogen) atoms. The maximum atomic E-state index is 12.2. The van der Waals surface area contributed by atoms with Crippen LogP contribution in [0.3, 0.4) is 0 Å². The van der Waals surface area contributed by atoms with E-state index in [9.17, 15) is 9.59 Å². The van der Waals surface area contributed by atoms with Crippen LogP contribution < -0.4 is 10.1 Å². The van der Waals surface area contributed by atoms with Crippen molar-refractivity contribution in [2.45, 2.75) is 38.1 Å². The molecule has 0 bridgehead atoms. The Balaban J connectivity index is 1.31. The highest BCUT2D eigenvalue weighted by Crippen LogP contribution is 2.27. The van der Waals surface area contributed by atoms with Crippen LogP contribution in [0.25, 0.3) is 0 Å². The van der Waals surface area contributed by atoms with Gasteiger partial charge in [-0.25, -0.2) is 4.79 Å². The van der Waals surface area contributed by atoms with Crippen molar-refractivity contribution in [2.75, 3.05) is 33.3 Å². The summed E-state index contributed by atoms with van der Waals surface area (Å²) < 4.78 is 5.35. The highest BCUT2D eigenvalue weighted by atomic mass is 16.5. The summed E-state index contributed by atoms with van der Waals surface area (Å²) in [5.74, 6) is 0.933. The number of nitrogens with zero attached hydrogens (tertiary/aromatic N) is 2. The van der Waals surface area contributed by atoms with Crippen molar-refractivity contribution in [3.63, 3.8) is 0 Å². The lowest BCUT2D eigenvalue weighted by atomic mass is 10.1. The van der Waals surface area contributed by atoms with Gasteiger partial charge >= 0.3 is 6.03 Å². The number of ether oxygens (including phenoxy) is 1. The lowest BCUT2D eigenvalue weighted by molar-refractivity contribution is -0.128. The van der Waals surface area contributed by atoms with Crippen LogP contribution in [0.5, 0.6) is 5.75 Å². The van der Waals surface area contributed by atoms with Gasteiger partial charge in [0.15, 0.2) is 0 Å². The maximum absolute atomic E-state index is 12.2. The van der Waals surface area contributed by atoms with E-state index < -0.39 is 0 Å². The molecule has 1 atom stereocenters. The van der Waals surface area contributed by atoms with E-state index in [4.69, 9.17) is 4.74 Å². The lowest BCUT2D eigenvalue weighted by Gasteiger charge is -2.15. The highest BCUT2D eigenvalue weighted by molar-refractivity contribution is 6.04. The topological polar surface area (TPSA) is 61.9 Å². The van der Waals surface area contributed by atoms with Gasteiger partial charge in [0.05, 0.1) is 7.11 Å². The van der Waals surface area contributed by atoms with Crippen molar-refractivity contribution in [1.82, 2.24) is 15.1 Å². The summed E-state index contributed by atoms with van der Waals surface area (Å²) in [6.07, 6.45) is 4.49. The molecular weight excluding hydrogens is 318 g/mol. The molecule has 6 heteroatoms. The van der Waals surface area contributed by atoms with Gasteiger partial charge in [-0.2, -0.15) is 0 Å². The van der Waals surface area contributed by atoms with E-state index >= 15 is 0 Å². The number of carbonyl (C=O) groups excluding carboxylic acids is 2. The Kier molecular flexibility index (Phi) is 5.91. The van der Waals surface area contributed by atoms with E-state index in [-0.39, 0.29) is 18.0 Å². The fourth-order valence-corrected chi connectivity index (χ4v) is 3.66. The van der Waals surface area contributed by atoms with Gasteiger partial charge in [-0.1, -0.05) is 18.2 Å². The zero-order valence-electron chi connectivity index (χ0n) is 14.9. The fraction of sp³-hybridized carbons (Fsp3) is 0.579. The average Bonchev–Trinajstić information content (AvgIpc) is 3.20. The molecule has 2 aliphatic heterocycles. The Morgan fingerprint density at radius 1 is 1.20 bits per heavy atom. The van der Waals surface area contributed by atoms with Crippen molar-refractivity contribution < 1.29 is 14.3 Å². The number of para-hydroxylation sites is 1. The van der Waals surface area contributed by atoms with Crippen LogP contribution in [0.1, 0.15) is 31.2 Å². The van der Waals surface area contributed by atoms with Gasteiger partial charge in [0.1, 0.15) is 11.8 Å². The molecule has 0 spiro atoms. The van der Waals surface area contributed by atoms with E-state index in [0.717, 1.165) is 57.5 Å². The second kappa shape index (κ2) is 8.34. The number of rotatable bonds is 9. The van der Waals surface area contributed by atoms with Gasteiger partial charge < -0.3 is 15.0 Å². The minimum absolute atomic E-state index is 0.00614. The Hall–Kier alpha value is -2.08. The molecule has 1 N–H and O–H groups in total. The van der Waals surface area contributed by atoms with E-state index in [0.29, 0.717) is 6.54 Å². The molecule has 0 aliphatic carbocycles. The van der Waals surface area contributed by atoms with Crippen LogP contribution in [-0.4, -0.2) is 61.1 Å². The second-order valence-electron chi connectivity index (χ2n) is 6.64. The predicted octanol–water partition coefficient (Wildman–Crippen LogP) is 2.03.